The van der Waals surface area contributed by atoms with E-state index in [0.29, 0.717) is 13.0 Å². The zero-order chi connectivity index (χ0) is 21.9. The van der Waals surface area contributed by atoms with E-state index in [0.717, 1.165) is 35.3 Å². The molecule has 1 aliphatic carbocycles. The molecular formula is C22H29N3O5. The summed E-state index contributed by atoms with van der Waals surface area (Å²) < 4.78 is 5.16. The molecule has 2 aliphatic rings. The molecule has 1 aromatic carbocycles. The molecule has 1 saturated heterocycles. The molecule has 1 heterocycles. The van der Waals surface area contributed by atoms with Crippen LogP contribution in [0.25, 0.3) is 0 Å². The van der Waals surface area contributed by atoms with Gasteiger partial charge in [0.1, 0.15) is 12.1 Å². The lowest BCUT2D eigenvalue weighted by Gasteiger charge is -2.36. The smallest absolute Gasteiger partial charge is 0.327 e. The van der Waals surface area contributed by atoms with Crippen molar-refractivity contribution in [3.05, 3.63) is 35.4 Å². The van der Waals surface area contributed by atoms with Gasteiger partial charge < -0.3 is 15.4 Å². The van der Waals surface area contributed by atoms with E-state index >= 15 is 0 Å². The molecule has 1 spiro atoms. The lowest BCUT2D eigenvalue weighted by molar-refractivity contribution is -0.157. The summed E-state index contributed by atoms with van der Waals surface area (Å²) in [6.07, 6.45) is 2.26. The Labute approximate surface area is 176 Å². The fourth-order valence-corrected chi connectivity index (χ4v) is 4.09. The third kappa shape index (κ3) is 4.47. The van der Waals surface area contributed by atoms with E-state index in [1.54, 1.807) is 0 Å². The van der Waals surface area contributed by atoms with Crippen LogP contribution in [0.1, 0.15) is 50.7 Å². The minimum atomic E-state index is -1.04. The number of imide groups is 1. The Kier molecular flexibility index (Phi) is 6.43. The van der Waals surface area contributed by atoms with Crippen LogP contribution in [0.15, 0.2) is 24.3 Å². The van der Waals surface area contributed by atoms with Crippen molar-refractivity contribution in [2.45, 2.75) is 64.6 Å². The first-order valence-electron chi connectivity index (χ1n) is 10.4. The Morgan fingerprint density at radius 3 is 2.63 bits per heavy atom. The molecule has 8 nitrogen and oxygen atoms in total. The van der Waals surface area contributed by atoms with E-state index < -0.39 is 36.1 Å². The van der Waals surface area contributed by atoms with E-state index in [9.17, 15) is 19.2 Å². The predicted molar refractivity (Wildman–Crippen MR) is 109 cm³/mol. The second kappa shape index (κ2) is 8.85. The number of benzene rings is 1. The van der Waals surface area contributed by atoms with Crippen LogP contribution in [0.5, 0.6) is 0 Å². The van der Waals surface area contributed by atoms with Gasteiger partial charge >= 0.3 is 12.0 Å². The maximum atomic E-state index is 12.9. The molecule has 2 N–H and O–H groups in total. The first kappa shape index (κ1) is 21.8. The first-order chi connectivity index (χ1) is 14.2. The van der Waals surface area contributed by atoms with Crippen LogP contribution in [0.4, 0.5) is 4.79 Å². The van der Waals surface area contributed by atoms with Gasteiger partial charge in [-0.1, -0.05) is 49.6 Å². The number of hydrogen-bond donors (Lipinski definition) is 2. The predicted octanol–water partition coefficient (Wildman–Crippen LogP) is 2.04. The highest BCUT2D eigenvalue weighted by Crippen LogP contribution is 2.38. The van der Waals surface area contributed by atoms with Gasteiger partial charge in [-0.25, -0.2) is 4.79 Å². The number of aryl methyl sites for hydroxylation is 1. The zero-order valence-corrected chi connectivity index (χ0v) is 17.7. The number of esters is 1. The molecule has 0 aromatic heterocycles. The number of carbonyl (C=O) groups is 4. The first-order valence-corrected chi connectivity index (χ1v) is 10.4. The summed E-state index contributed by atoms with van der Waals surface area (Å²) in [6, 6.07) is 7.13. The maximum absolute atomic E-state index is 12.9. The summed E-state index contributed by atoms with van der Waals surface area (Å²) in [4.78, 5) is 50.7. The van der Waals surface area contributed by atoms with Crippen LogP contribution in [-0.2, 0) is 25.7 Å². The highest BCUT2D eigenvalue weighted by molar-refractivity contribution is 6.09. The van der Waals surface area contributed by atoms with E-state index in [1.165, 1.54) is 6.92 Å². The van der Waals surface area contributed by atoms with Gasteiger partial charge in [-0.2, -0.15) is 0 Å². The summed E-state index contributed by atoms with van der Waals surface area (Å²) in [5, 5.41) is 5.50. The van der Waals surface area contributed by atoms with Crippen LogP contribution in [0.3, 0.4) is 0 Å². The summed E-state index contributed by atoms with van der Waals surface area (Å²) in [7, 11) is 0. The van der Waals surface area contributed by atoms with Gasteiger partial charge in [0.15, 0.2) is 6.10 Å². The molecule has 30 heavy (non-hydrogen) atoms. The van der Waals surface area contributed by atoms with Crippen LogP contribution in [0.2, 0.25) is 0 Å². The molecule has 4 amide bonds. The standard InChI is InChI=1S/C22H29N3O5/c1-14-7-9-17(10-8-14)12-23-19(27)16(3)30-18(26)13-25-20(28)22(24-21(25)29)11-5-4-6-15(22)2/h7-10,15-16H,4-6,11-13H2,1-3H3,(H,23,27)(H,24,29)/t15-,16-,22+/m0/s1. The summed E-state index contributed by atoms with van der Waals surface area (Å²) in [6.45, 7) is 5.19. The van der Waals surface area contributed by atoms with Gasteiger partial charge in [0, 0.05) is 6.54 Å². The van der Waals surface area contributed by atoms with E-state index in [2.05, 4.69) is 10.6 Å². The van der Waals surface area contributed by atoms with Crippen molar-refractivity contribution in [3.8, 4) is 0 Å². The summed E-state index contributed by atoms with van der Waals surface area (Å²) in [5.41, 5.74) is 1.13. The van der Waals surface area contributed by atoms with Crippen molar-refractivity contribution in [1.29, 1.82) is 0 Å². The molecule has 3 rings (SSSR count). The van der Waals surface area contributed by atoms with Crippen molar-refractivity contribution < 1.29 is 23.9 Å². The van der Waals surface area contributed by atoms with Crippen molar-refractivity contribution in [3.63, 3.8) is 0 Å². The Morgan fingerprint density at radius 1 is 1.27 bits per heavy atom. The lowest BCUT2D eigenvalue weighted by atomic mass is 9.73. The number of nitrogens with zero attached hydrogens (tertiary/aromatic N) is 1. The van der Waals surface area contributed by atoms with Gasteiger partial charge in [-0.05, 0) is 38.2 Å². The van der Waals surface area contributed by atoms with Crippen LogP contribution >= 0.6 is 0 Å². The molecule has 3 atom stereocenters. The van der Waals surface area contributed by atoms with Crippen molar-refractivity contribution >= 4 is 23.8 Å². The Hall–Kier alpha value is -2.90. The number of ether oxygens (including phenoxy) is 1. The largest absolute Gasteiger partial charge is 0.451 e. The number of rotatable bonds is 6. The van der Waals surface area contributed by atoms with Crippen molar-refractivity contribution in [2.24, 2.45) is 5.92 Å². The quantitative estimate of drug-likeness (QED) is 0.547. The minimum absolute atomic E-state index is 0.00944. The number of urea groups is 1. The third-order valence-electron chi connectivity index (χ3n) is 6.05. The molecule has 162 valence electrons. The number of hydrogen-bond acceptors (Lipinski definition) is 5. The summed E-state index contributed by atoms with van der Waals surface area (Å²) in [5.74, 6) is -1.61. The van der Waals surface area contributed by atoms with Crippen LogP contribution in [-0.4, -0.2) is 46.9 Å². The highest BCUT2D eigenvalue weighted by atomic mass is 16.5. The molecule has 0 radical (unpaired) electrons. The highest BCUT2D eigenvalue weighted by Gasteiger charge is 2.55. The second-order valence-electron chi connectivity index (χ2n) is 8.28. The average molecular weight is 415 g/mol. The Morgan fingerprint density at radius 2 is 1.97 bits per heavy atom. The number of carbonyl (C=O) groups excluding carboxylic acids is 4. The fourth-order valence-electron chi connectivity index (χ4n) is 4.09. The maximum Gasteiger partial charge on any atom is 0.327 e. The van der Waals surface area contributed by atoms with Gasteiger partial charge in [-0.15, -0.1) is 0 Å². The van der Waals surface area contributed by atoms with Gasteiger partial charge in [0.2, 0.25) is 0 Å². The van der Waals surface area contributed by atoms with Gasteiger partial charge in [0.25, 0.3) is 11.8 Å². The van der Waals surface area contributed by atoms with Crippen molar-refractivity contribution in [1.82, 2.24) is 15.5 Å². The van der Waals surface area contributed by atoms with Crippen molar-refractivity contribution in [2.75, 3.05) is 6.54 Å². The van der Waals surface area contributed by atoms with E-state index in [1.807, 2.05) is 38.1 Å². The SMILES string of the molecule is Cc1ccc(CNC(=O)[C@H](C)OC(=O)CN2C(=O)N[C@@]3(CCCC[C@@H]3C)C2=O)cc1. The molecular weight excluding hydrogens is 386 g/mol. The van der Waals surface area contributed by atoms with E-state index in [-0.39, 0.29) is 11.8 Å². The molecule has 8 heteroatoms. The minimum Gasteiger partial charge on any atom is -0.451 e. The molecule has 0 unspecified atom stereocenters. The average Bonchev–Trinajstić information content (AvgIpc) is 2.94. The zero-order valence-electron chi connectivity index (χ0n) is 17.7. The third-order valence-corrected chi connectivity index (χ3v) is 6.05. The lowest BCUT2D eigenvalue weighted by Crippen LogP contribution is -2.54. The number of nitrogens with one attached hydrogen (secondary N) is 2. The molecule has 1 aliphatic heterocycles. The van der Waals surface area contributed by atoms with E-state index in [4.69, 9.17) is 4.74 Å². The Bertz CT molecular complexity index is 838. The molecule has 2 fully saturated rings. The van der Waals surface area contributed by atoms with Crippen LogP contribution in [0, 0.1) is 12.8 Å². The monoisotopic (exact) mass is 415 g/mol. The normalized spacial score (nSPS) is 24.5. The summed E-state index contributed by atoms with van der Waals surface area (Å²) >= 11 is 0. The molecule has 1 saturated carbocycles. The topological polar surface area (TPSA) is 105 Å². The fraction of sp³-hybridized carbons (Fsp3) is 0.545. The van der Waals surface area contributed by atoms with Gasteiger partial charge in [0.05, 0.1) is 0 Å². The Balaban J connectivity index is 1.51. The second-order valence-corrected chi connectivity index (χ2v) is 8.28. The number of amides is 4. The van der Waals surface area contributed by atoms with Crippen LogP contribution < -0.4 is 10.6 Å². The molecule has 1 aromatic rings. The molecule has 0 bridgehead atoms. The van der Waals surface area contributed by atoms with Gasteiger partial charge in [-0.3, -0.25) is 19.3 Å².